The molecule has 0 aliphatic heterocycles. The average molecular weight is 725 g/mol. The van der Waals surface area contributed by atoms with E-state index in [9.17, 15) is 5.26 Å². The summed E-state index contributed by atoms with van der Waals surface area (Å²) in [5.74, 6) is 0. The molecule has 3 aromatic heterocycles. The summed E-state index contributed by atoms with van der Waals surface area (Å²) in [5.41, 5.74) is 13.0. The van der Waals surface area contributed by atoms with Crippen LogP contribution in [0.4, 0.5) is 11.4 Å². The molecule has 262 valence electrons. The zero-order valence-electron chi connectivity index (χ0n) is 30.3. The summed E-state index contributed by atoms with van der Waals surface area (Å²) in [6.07, 6.45) is 0. The molecule has 0 amide bonds. The second-order valence-electron chi connectivity index (χ2n) is 14.3. The van der Waals surface area contributed by atoms with Gasteiger partial charge in [0.15, 0.2) is 11.4 Å². The molecule has 0 aliphatic rings. The lowest BCUT2D eigenvalue weighted by Crippen LogP contribution is -1.96. The van der Waals surface area contributed by atoms with Crippen molar-refractivity contribution in [3.8, 4) is 34.3 Å². The van der Waals surface area contributed by atoms with E-state index < -0.39 is 0 Å². The van der Waals surface area contributed by atoms with Crippen molar-refractivity contribution in [3.63, 3.8) is 0 Å². The third-order valence-electron chi connectivity index (χ3n) is 11.2. The van der Waals surface area contributed by atoms with Gasteiger partial charge in [-0.25, -0.2) is 9.69 Å². The molecule has 0 atom stereocenters. The first kappa shape index (κ1) is 32.1. The van der Waals surface area contributed by atoms with Gasteiger partial charge in [-0.2, -0.15) is 5.26 Å². The Labute approximate surface area is 327 Å². The van der Waals surface area contributed by atoms with Crippen molar-refractivity contribution >= 4 is 76.8 Å². The monoisotopic (exact) mass is 724 g/mol. The van der Waals surface area contributed by atoms with E-state index in [1.807, 2.05) is 48.5 Å². The predicted molar refractivity (Wildman–Crippen MR) is 232 cm³/mol. The number of para-hydroxylation sites is 3. The van der Waals surface area contributed by atoms with Crippen LogP contribution in [-0.4, -0.2) is 13.7 Å². The van der Waals surface area contributed by atoms with E-state index in [2.05, 4.69) is 151 Å². The Morgan fingerprint density at radius 3 is 1.49 bits per heavy atom. The van der Waals surface area contributed by atoms with Crippen LogP contribution in [0.15, 0.2) is 170 Å². The van der Waals surface area contributed by atoms with Crippen molar-refractivity contribution in [3.05, 3.63) is 198 Å². The Hall–Kier alpha value is -8.37. The SMILES string of the molecule is [C-]#[N+]c1cc(-c2ccc(-n3c4ccccc4c4cc(-n5c6ccccc6c6ccccc65)ccc43)cc2)cc(-n2c3ccc(C#N)cc3c3cc([N+]#[C-])ccc32)c1. The molecule has 0 saturated heterocycles. The molecule has 0 aliphatic carbocycles. The normalized spacial score (nSPS) is 11.5. The molecule has 3 heterocycles. The van der Waals surface area contributed by atoms with Crippen LogP contribution in [0, 0.1) is 24.5 Å². The fraction of sp³-hybridized carbons (Fsp3) is 0. The molecule has 0 spiro atoms. The summed E-state index contributed by atoms with van der Waals surface area (Å²) in [6.45, 7) is 15.6. The number of hydrogen-bond donors (Lipinski definition) is 0. The van der Waals surface area contributed by atoms with E-state index in [1.54, 1.807) is 0 Å². The Morgan fingerprint density at radius 2 is 0.860 bits per heavy atom. The lowest BCUT2D eigenvalue weighted by molar-refractivity contribution is 1.16. The summed E-state index contributed by atoms with van der Waals surface area (Å²) in [5, 5.41) is 16.3. The summed E-state index contributed by atoms with van der Waals surface area (Å²) in [4.78, 5) is 7.53. The highest BCUT2D eigenvalue weighted by atomic mass is 15.0. The number of fused-ring (bicyclic) bond motifs is 9. The number of nitriles is 1. The number of rotatable bonds is 4. The highest BCUT2D eigenvalue weighted by Gasteiger charge is 2.18. The zero-order valence-corrected chi connectivity index (χ0v) is 30.3. The quantitative estimate of drug-likeness (QED) is 0.167. The van der Waals surface area contributed by atoms with Crippen LogP contribution in [0.2, 0.25) is 0 Å². The first-order valence-electron chi connectivity index (χ1n) is 18.6. The molecule has 0 fully saturated rings. The third-order valence-corrected chi connectivity index (χ3v) is 11.2. The Kier molecular flexibility index (Phi) is 6.95. The van der Waals surface area contributed by atoms with Crippen LogP contribution in [0.5, 0.6) is 0 Å². The average Bonchev–Trinajstić information content (AvgIpc) is 3.91. The Bertz CT molecular complexity index is 3490. The van der Waals surface area contributed by atoms with Crippen LogP contribution < -0.4 is 0 Å². The molecule has 6 heteroatoms. The molecule has 0 bridgehead atoms. The van der Waals surface area contributed by atoms with Crippen molar-refractivity contribution in [2.75, 3.05) is 0 Å². The Morgan fingerprint density at radius 1 is 0.368 bits per heavy atom. The Balaban J connectivity index is 1.04. The first-order valence-corrected chi connectivity index (χ1v) is 18.6. The highest BCUT2D eigenvalue weighted by Crippen LogP contribution is 2.40. The van der Waals surface area contributed by atoms with Crippen molar-refractivity contribution in [2.45, 2.75) is 0 Å². The lowest BCUT2D eigenvalue weighted by atomic mass is 10.0. The van der Waals surface area contributed by atoms with Crippen LogP contribution in [0.1, 0.15) is 5.56 Å². The van der Waals surface area contributed by atoms with E-state index in [1.165, 1.54) is 32.6 Å². The fourth-order valence-corrected chi connectivity index (χ4v) is 8.77. The summed E-state index contributed by atoms with van der Waals surface area (Å²) < 4.78 is 6.82. The topological polar surface area (TPSA) is 47.3 Å². The van der Waals surface area contributed by atoms with Crippen molar-refractivity contribution in [1.82, 2.24) is 13.7 Å². The fourth-order valence-electron chi connectivity index (χ4n) is 8.77. The van der Waals surface area contributed by atoms with E-state index in [4.69, 9.17) is 13.1 Å². The summed E-state index contributed by atoms with van der Waals surface area (Å²) >= 11 is 0. The minimum Gasteiger partial charge on any atom is -0.311 e. The molecular weight excluding hydrogens is 697 g/mol. The molecule has 6 nitrogen and oxygen atoms in total. The highest BCUT2D eigenvalue weighted by molar-refractivity contribution is 6.13. The van der Waals surface area contributed by atoms with Crippen LogP contribution in [0.3, 0.4) is 0 Å². The number of hydrogen-bond acceptors (Lipinski definition) is 1. The molecular formula is C51H28N6. The molecule has 0 unspecified atom stereocenters. The first-order chi connectivity index (χ1) is 28.1. The van der Waals surface area contributed by atoms with Crippen molar-refractivity contribution in [1.29, 1.82) is 5.26 Å². The summed E-state index contributed by atoms with van der Waals surface area (Å²) in [7, 11) is 0. The summed E-state index contributed by atoms with van der Waals surface area (Å²) in [6, 6.07) is 60.6. The maximum atomic E-state index is 9.68. The van der Waals surface area contributed by atoms with Crippen LogP contribution >= 0.6 is 0 Å². The number of benzene rings is 8. The van der Waals surface area contributed by atoms with Crippen molar-refractivity contribution < 1.29 is 0 Å². The van der Waals surface area contributed by atoms with Crippen molar-refractivity contribution in [2.24, 2.45) is 0 Å². The standard InChI is InChI=1S/C51H28N6/c1-53-35-18-23-50-44(29-35)43-25-32(31-52)15-22-49(43)57(50)39-27-34(26-36(28-39)54-2)33-16-19-37(20-17-33)55-48-14-8-5-11-42(48)45-30-38(21-24-51(45)55)56-46-12-6-3-9-40(46)41-10-4-7-13-47(41)56/h3-30H. The van der Waals surface area contributed by atoms with E-state index >= 15 is 0 Å². The zero-order chi connectivity index (χ0) is 38.2. The van der Waals surface area contributed by atoms with Gasteiger partial charge in [0.1, 0.15) is 0 Å². The van der Waals surface area contributed by atoms with Gasteiger partial charge in [0.25, 0.3) is 0 Å². The minimum absolute atomic E-state index is 0.523. The van der Waals surface area contributed by atoms with Gasteiger partial charge in [-0.15, -0.1) is 0 Å². The third kappa shape index (κ3) is 4.81. The van der Waals surface area contributed by atoms with Gasteiger partial charge in [-0.3, -0.25) is 0 Å². The van der Waals surface area contributed by atoms with Gasteiger partial charge in [0.2, 0.25) is 0 Å². The van der Waals surface area contributed by atoms with Gasteiger partial charge < -0.3 is 13.7 Å². The molecule has 11 rings (SSSR count). The maximum Gasteiger partial charge on any atom is 0.189 e. The second kappa shape index (κ2) is 12.3. The lowest BCUT2D eigenvalue weighted by Gasteiger charge is -2.13. The minimum atomic E-state index is 0.523. The predicted octanol–water partition coefficient (Wildman–Crippen LogP) is 13.6. The van der Waals surface area contributed by atoms with Gasteiger partial charge in [-0.1, -0.05) is 72.8 Å². The van der Waals surface area contributed by atoms with Crippen LogP contribution in [0.25, 0.3) is 103 Å². The molecule has 0 radical (unpaired) electrons. The van der Waals surface area contributed by atoms with Gasteiger partial charge in [0, 0.05) is 44.0 Å². The maximum absolute atomic E-state index is 9.68. The molecule has 0 N–H and O–H groups in total. The van der Waals surface area contributed by atoms with E-state index in [0.29, 0.717) is 16.9 Å². The molecule has 0 saturated carbocycles. The largest absolute Gasteiger partial charge is 0.311 e. The van der Waals surface area contributed by atoms with Gasteiger partial charge in [0.05, 0.1) is 57.9 Å². The molecule has 8 aromatic carbocycles. The molecule has 57 heavy (non-hydrogen) atoms. The number of nitrogens with zero attached hydrogens (tertiary/aromatic N) is 6. The smallest absolute Gasteiger partial charge is 0.189 e. The van der Waals surface area contributed by atoms with Gasteiger partial charge >= 0.3 is 0 Å². The second-order valence-corrected chi connectivity index (χ2v) is 14.3. The van der Waals surface area contributed by atoms with Gasteiger partial charge in [-0.05, 0) is 114 Å². The van der Waals surface area contributed by atoms with E-state index in [0.717, 1.165) is 61.0 Å². The molecule has 11 aromatic rings. The van der Waals surface area contributed by atoms with E-state index in [-0.39, 0.29) is 0 Å². The number of aromatic nitrogens is 3. The van der Waals surface area contributed by atoms with Crippen LogP contribution in [-0.2, 0) is 0 Å².